The van der Waals surface area contributed by atoms with Crippen molar-refractivity contribution < 1.29 is 13.2 Å². The van der Waals surface area contributed by atoms with Crippen molar-refractivity contribution in [1.29, 1.82) is 0 Å². The minimum atomic E-state index is -4.37. The average Bonchev–Trinajstić information content (AvgIpc) is 2.76. The van der Waals surface area contributed by atoms with Crippen LogP contribution >= 0.6 is 0 Å². The molecule has 0 radical (unpaired) electrons. The Hall–Kier alpha value is -3.33. The summed E-state index contributed by atoms with van der Waals surface area (Å²) >= 11 is 0. The number of hydrogen-bond donors (Lipinski definition) is 2. The number of benzene rings is 2. The monoisotopic (exact) mass is 428 g/mol. The molecule has 9 heteroatoms. The Kier molecular flexibility index (Phi) is 5.94. The molecule has 3 aromatic rings. The maximum atomic E-state index is 12.7. The zero-order valence-electron chi connectivity index (χ0n) is 16.8. The first-order valence-corrected chi connectivity index (χ1v) is 9.96. The molecule has 2 heterocycles. The molecule has 1 saturated heterocycles. The highest BCUT2D eigenvalue weighted by Crippen LogP contribution is 2.32. The molecule has 4 rings (SSSR count). The highest BCUT2D eigenvalue weighted by Gasteiger charge is 2.30. The van der Waals surface area contributed by atoms with Crippen molar-refractivity contribution in [3.63, 3.8) is 0 Å². The summed E-state index contributed by atoms with van der Waals surface area (Å²) in [6.45, 7) is 4.19. The number of hydrogen-bond acceptors (Lipinski definition) is 6. The van der Waals surface area contributed by atoms with Crippen molar-refractivity contribution >= 4 is 23.0 Å². The summed E-state index contributed by atoms with van der Waals surface area (Å²) in [7, 11) is 0. The lowest BCUT2D eigenvalue weighted by Crippen LogP contribution is -2.46. The van der Waals surface area contributed by atoms with Crippen LogP contribution < -0.4 is 16.0 Å². The second-order valence-corrected chi connectivity index (χ2v) is 7.41. The first-order valence-electron chi connectivity index (χ1n) is 9.96. The third kappa shape index (κ3) is 5.05. The van der Waals surface area contributed by atoms with Gasteiger partial charge in [-0.05, 0) is 29.8 Å². The van der Waals surface area contributed by atoms with Crippen LogP contribution in [0, 0.1) is 0 Å². The van der Waals surface area contributed by atoms with Crippen LogP contribution in [-0.2, 0) is 12.7 Å². The van der Waals surface area contributed by atoms with Gasteiger partial charge in [0.25, 0.3) is 0 Å². The van der Waals surface area contributed by atoms with Crippen molar-refractivity contribution in [2.75, 3.05) is 42.1 Å². The third-order valence-corrected chi connectivity index (χ3v) is 5.26. The van der Waals surface area contributed by atoms with Crippen LogP contribution in [0.1, 0.15) is 11.1 Å². The van der Waals surface area contributed by atoms with E-state index in [9.17, 15) is 13.2 Å². The lowest BCUT2D eigenvalue weighted by molar-refractivity contribution is -0.137. The van der Waals surface area contributed by atoms with E-state index in [1.807, 2.05) is 18.2 Å². The van der Waals surface area contributed by atoms with Gasteiger partial charge in [-0.3, -0.25) is 4.90 Å². The predicted octanol–water partition coefficient (Wildman–Crippen LogP) is 4.14. The van der Waals surface area contributed by atoms with E-state index in [4.69, 9.17) is 5.73 Å². The molecule has 0 atom stereocenters. The number of nitrogens with zero attached hydrogens (tertiary/aromatic N) is 4. The van der Waals surface area contributed by atoms with Crippen molar-refractivity contribution in [1.82, 2.24) is 14.9 Å². The Morgan fingerprint density at radius 2 is 1.58 bits per heavy atom. The number of halogens is 3. The molecule has 3 N–H and O–H groups in total. The maximum Gasteiger partial charge on any atom is 0.416 e. The molecule has 0 spiro atoms. The summed E-state index contributed by atoms with van der Waals surface area (Å²) in [6.07, 6.45) is -2.96. The largest absolute Gasteiger partial charge is 0.416 e. The normalized spacial score (nSPS) is 15.1. The van der Waals surface area contributed by atoms with Gasteiger partial charge in [0, 0.05) is 38.4 Å². The molecule has 1 aliphatic heterocycles. The third-order valence-electron chi connectivity index (χ3n) is 5.26. The quantitative estimate of drug-likeness (QED) is 0.637. The second kappa shape index (κ2) is 8.81. The number of nitrogens with two attached hydrogens (primary N) is 1. The SMILES string of the molecule is Nc1c(Nc2ccc(C(F)(F)F)cc2)ncnc1N1CCN(Cc2ccccc2)CC1. The minimum Gasteiger partial charge on any atom is -0.393 e. The molecule has 2 aromatic carbocycles. The fourth-order valence-electron chi connectivity index (χ4n) is 3.58. The van der Waals surface area contributed by atoms with Crippen LogP contribution in [0.25, 0.3) is 0 Å². The van der Waals surface area contributed by atoms with Gasteiger partial charge in [0.15, 0.2) is 11.6 Å². The number of nitrogen functional groups attached to an aromatic ring is 1. The summed E-state index contributed by atoms with van der Waals surface area (Å²) < 4.78 is 38.2. The van der Waals surface area contributed by atoms with Crippen molar-refractivity contribution in [3.8, 4) is 0 Å². The molecule has 6 nitrogen and oxygen atoms in total. The van der Waals surface area contributed by atoms with Gasteiger partial charge in [-0.2, -0.15) is 13.2 Å². The molecule has 162 valence electrons. The Balaban J connectivity index is 1.41. The molecule has 31 heavy (non-hydrogen) atoms. The Bertz CT molecular complexity index is 1000. The number of nitrogens with one attached hydrogen (secondary N) is 1. The molecule has 1 aromatic heterocycles. The Morgan fingerprint density at radius 1 is 0.903 bits per heavy atom. The molecule has 0 unspecified atom stereocenters. The summed E-state index contributed by atoms with van der Waals surface area (Å²) in [6, 6.07) is 15.1. The number of piperazine rings is 1. The fraction of sp³-hybridized carbons (Fsp3) is 0.273. The van der Waals surface area contributed by atoms with Gasteiger partial charge in [0.05, 0.1) is 5.56 Å². The van der Waals surface area contributed by atoms with Crippen LogP contribution in [0.5, 0.6) is 0 Å². The lowest BCUT2D eigenvalue weighted by Gasteiger charge is -2.36. The number of aromatic nitrogens is 2. The summed E-state index contributed by atoms with van der Waals surface area (Å²) in [5.74, 6) is 1.00. The van der Waals surface area contributed by atoms with Crippen LogP contribution in [0.3, 0.4) is 0 Å². The smallest absolute Gasteiger partial charge is 0.393 e. The lowest BCUT2D eigenvalue weighted by atomic mass is 10.2. The number of anilines is 4. The van der Waals surface area contributed by atoms with Gasteiger partial charge in [-0.1, -0.05) is 30.3 Å². The van der Waals surface area contributed by atoms with Crippen molar-refractivity contribution in [3.05, 3.63) is 72.1 Å². The standard InChI is InChI=1S/C22H23F3N6/c23-22(24,25)17-6-8-18(9-7-17)29-20-19(26)21(28-15-27-20)31-12-10-30(11-13-31)14-16-4-2-1-3-5-16/h1-9,15H,10-14,26H2,(H,27,28,29). The van der Waals surface area contributed by atoms with Crippen molar-refractivity contribution in [2.45, 2.75) is 12.7 Å². The van der Waals surface area contributed by atoms with E-state index < -0.39 is 11.7 Å². The van der Waals surface area contributed by atoms with Crippen LogP contribution in [0.4, 0.5) is 36.2 Å². The molecule has 1 aliphatic rings. The molecular formula is C22H23F3N6. The van der Waals surface area contributed by atoms with Gasteiger partial charge in [-0.15, -0.1) is 0 Å². The van der Waals surface area contributed by atoms with E-state index in [1.54, 1.807) is 0 Å². The molecule has 1 fully saturated rings. The highest BCUT2D eigenvalue weighted by atomic mass is 19.4. The summed E-state index contributed by atoms with van der Waals surface area (Å²) in [4.78, 5) is 13.0. The molecule has 0 aliphatic carbocycles. The molecule has 0 amide bonds. The topological polar surface area (TPSA) is 70.3 Å². The zero-order chi connectivity index (χ0) is 21.8. The van der Waals surface area contributed by atoms with Gasteiger partial charge in [-0.25, -0.2) is 9.97 Å². The number of rotatable bonds is 5. The van der Waals surface area contributed by atoms with Gasteiger partial charge in [0.1, 0.15) is 12.0 Å². The average molecular weight is 428 g/mol. The minimum absolute atomic E-state index is 0.372. The molecule has 0 saturated carbocycles. The van der Waals surface area contributed by atoms with E-state index in [1.165, 1.54) is 24.0 Å². The van der Waals surface area contributed by atoms with Gasteiger partial charge < -0.3 is 16.0 Å². The highest BCUT2D eigenvalue weighted by molar-refractivity contribution is 5.78. The van der Waals surface area contributed by atoms with Crippen LogP contribution in [0.2, 0.25) is 0 Å². The summed E-state index contributed by atoms with van der Waals surface area (Å²) in [5.41, 5.74) is 7.71. The van der Waals surface area contributed by atoms with Crippen molar-refractivity contribution in [2.24, 2.45) is 0 Å². The van der Waals surface area contributed by atoms with E-state index in [2.05, 4.69) is 37.2 Å². The van der Waals surface area contributed by atoms with Crippen LogP contribution in [0.15, 0.2) is 60.9 Å². The zero-order valence-corrected chi connectivity index (χ0v) is 16.8. The van der Waals surface area contributed by atoms with E-state index in [0.29, 0.717) is 23.0 Å². The maximum absolute atomic E-state index is 12.7. The molecule has 0 bridgehead atoms. The van der Waals surface area contributed by atoms with E-state index in [-0.39, 0.29) is 0 Å². The summed E-state index contributed by atoms with van der Waals surface area (Å²) in [5, 5.41) is 2.99. The van der Waals surface area contributed by atoms with Gasteiger partial charge in [0.2, 0.25) is 0 Å². The predicted molar refractivity (Wildman–Crippen MR) is 115 cm³/mol. The van der Waals surface area contributed by atoms with E-state index >= 15 is 0 Å². The second-order valence-electron chi connectivity index (χ2n) is 7.41. The number of alkyl halides is 3. The van der Waals surface area contributed by atoms with Gasteiger partial charge >= 0.3 is 6.18 Å². The Labute approximate surface area is 178 Å². The first kappa shape index (κ1) is 20.9. The Morgan fingerprint density at radius 3 is 2.23 bits per heavy atom. The van der Waals surface area contributed by atoms with Crippen LogP contribution in [-0.4, -0.2) is 41.0 Å². The first-order chi connectivity index (χ1) is 14.9. The fourth-order valence-corrected chi connectivity index (χ4v) is 3.58. The van der Waals surface area contributed by atoms with E-state index in [0.717, 1.165) is 44.9 Å². The molecular weight excluding hydrogens is 405 g/mol.